The van der Waals surface area contributed by atoms with E-state index < -0.39 is 12.0 Å². The van der Waals surface area contributed by atoms with Gasteiger partial charge in [-0.1, -0.05) is 25.8 Å². The first-order chi connectivity index (χ1) is 10.5. The molecule has 0 spiro atoms. The molecule has 0 aliphatic heterocycles. The van der Waals surface area contributed by atoms with Crippen molar-refractivity contribution in [3.63, 3.8) is 0 Å². The largest absolute Gasteiger partial charge is 0.480 e. The third kappa shape index (κ3) is 3.84. The molecular weight excluding hydrogens is 282 g/mol. The number of carbonyl (C=O) groups excluding carboxylic acids is 1. The Hall–Kier alpha value is -2.37. The molecule has 118 valence electrons. The predicted molar refractivity (Wildman–Crippen MR) is 82.7 cm³/mol. The molecule has 2 N–H and O–H groups in total. The lowest BCUT2D eigenvalue weighted by Gasteiger charge is -2.13. The molecule has 1 amide bonds. The number of nitrogens with one attached hydrogen (secondary N) is 1. The maximum absolute atomic E-state index is 12.0. The van der Waals surface area contributed by atoms with Gasteiger partial charge in [0.2, 0.25) is 5.91 Å². The van der Waals surface area contributed by atoms with E-state index >= 15 is 0 Å². The standard InChI is InChI=1S/C16H21N3O3/c1-3-4-7-13(16(21)22)18-15(20)9-12-10-19-11(2)6-5-8-14(19)17-12/h5-6,8,10,13H,3-4,7,9H2,1-2H3,(H,18,20)(H,21,22). The fourth-order valence-corrected chi connectivity index (χ4v) is 2.36. The van der Waals surface area contributed by atoms with Gasteiger partial charge in [0.25, 0.3) is 0 Å². The second-order valence-corrected chi connectivity index (χ2v) is 5.40. The van der Waals surface area contributed by atoms with E-state index in [9.17, 15) is 9.59 Å². The maximum Gasteiger partial charge on any atom is 0.326 e. The topological polar surface area (TPSA) is 83.7 Å². The van der Waals surface area contributed by atoms with Gasteiger partial charge in [-0.15, -0.1) is 0 Å². The number of aryl methyl sites for hydroxylation is 1. The summed E-state index contributed by atoms with van der Waals surface area (Å²) in [6.07, 6.45) is 4.00. The van der Waals surface area contributed by atoms with Crippen molar-refractivity contribution in [1.82, 2.24) is 14.7 Å². The fourth-order valence-electron chi connectivity index (χ4n) is 2.36. The average Bonchev–Trinajstić information content (AvgIpc) is 2.87. The van der Waals surface area contributed by atoms with Crippen molar-refractivity contribution in [2.24, 2.45) is 0 Å². The zero-order chi connectivity index (χ0) is 16.1. The summed E-state index contributed by atoms with van der Waals surface area (Å²) in [4.78, 5) is 27.6. The van der Waals surface area contributed by atoms with Crippen molar-refractivity contribution < 1.29 is 14.7 Å². The van der Waals surface area contributed by atoms with E-state index in [0.29, 0.717) is 12.1 Å². The summed E-state index contributed by atoms with van der Waals surface area (Å²) in [7, 11) is 0. The molecule has 0 aliphatic carbocycles. The van der Waals surface area contributed by atoms with Crippen LogP contribution in [0.5, 0.6) is 0 Å². The molecule has 0 radical (unpaired) electrons. The van der Waals surface area contributed by atoms with Crippen LogP contribution in [0.2, 0.25) is 0 Å². The van der Waals surface area contributed by atoms with Crippen LogP contribution in [-0.2, 0) is 16.0 Å². The molecule has 22 heavy (non-hydrogen) atoms. The number of carboxylic acid groups (broad SMARTS) is 1. The number of unbranched alkanes of at least 4 members (excludes halogenated alkanes) is 1. The van der Waals surface area contributed by atoms with Crippen LogP contribution in [-0.4, -0.2) is 32.4 Å². The molecule has 1 unspecified atom stereocenters. The van der Waals surface area contributed by atoms with Crippen molar-refractivity contribution in [2.45, 2.75) is 45.6 Å². The molecule has 0 saturated carbocycles. The van der Waals surface area contributed by atoms with Crippen LogP contribution in [0.1, 0.15) is 37.6 Å². The van der Waals surface area contributed by atoms with Gasteiger partial charge in [-0.25, -0.2) is 9.78 Å². The number of aliphatic carboxylic acids is 1. The summed E-state index contributed by atoms with van der Waals surface area (Å²) in [5.41, 5.74) is 2.44. The quantitative estimate of drug-likeness (QED) is 0.819. The third-order valence-corrected chi connectivity index (χ3v) is 3.57. The maximum atomic E-state index is 12.0. The number of amides is 1. The highest BCUT2D eigenvalue weighted by atomic mass is 16.4. The van der Waals surface area contributed by atoms with E-state index in [0.717, 1.165) is 24.2 Å². The number of pyridine rings is 1. The number of carbonyl (C=O) groups is 2. The zero-order valence-corrected chi connectivity index (χ0v) is 12.9. The Morgan fingerprint density at radius 2 is 2.18 bits per heavy atom. The van der Waals surface area contributed by atoms with Gasteiger partial charge in [0.1, 0.15) is 11.7 Å². The van der Waals surface area contributed by atoms with E-state index in [2.05, 4.69) is 10.3 Å². The van der Waals surface area contributed by atoms with Crippen LogP contribution in [0.25, 0.3) is 5.65 Å². The first-order valence-corrected chi connectivity index (χ1v) is 7.47. The lowest BCUT2D eigenvalue weighted by Crippen LogP contribution is -2.41. The summed E-state index contributed by atoms with van der Waals surface area (Å²) in [6.45, 7) is 3.95. The number of hydrogen-bond acceptors (Lipinski definition) is 3. The highest BCUT2D eigenvalue weighted by molar-refractivity contribution is 5.84. The van der Waals surface area contributed by atoms with Gasteiger partial charge >= 0.3 is 5.97 Å². The van der Waals surface area contributed by atoms with E-state index in [1.165, 1.54) is 0 Å². The monoisotopic (exact) mass is 303 g/mol. The molecule has 2 aromatic rings. The van der Waals surface area contributed by atoms with E-state index in [1.807, 2.05) is 42.6 Å². The SMILES string of the molecule is CCCCC(NC(=O)Cc1cn2c(C)cccc2n1)C(=O)O. The molecule has 0 saturated heterocycles. The summed E-state index contributed by atoms with van der Waals surface area (Å²) in [5.74, 6) is -1.31. The second kappa shape index (κ2) is 7.06. The van der Waals surface area contributed by atoms with E-state index in [4.69, 9.17) is 5.11 Å². The van der Waals surface area contributed by atoms with Crippen LogP contribution in [0, 0.1) is 6.92 Å². The van der Waals surface area contributed by atoms with Gasteiger partial charge in [-0.3, -0.25) is 4.79 Å². The highest BCUT2D eigenvalue weighted by Gasteiger charge is 2.19. The van der Waals surface area contributed by atoms with Crippen molar-refractivity contribution in [3.05, 3.63) is 35.8 Å². The van der Waals surface area contributed by atoms with Crippen molar-refractivity contribution >= 4 is 17.5 Å². The number of rotatable bonds is 7. The smallest absolute Gasteiger partial charge is 0.326 e. The average molecular weight is 303 g/mol. The molecule has 2 aromatic heterocycles. The molecule has 1 atom stereocenters. The molecule has 0 bridgehead atoms. The minimum absolute atomic E-state index is 0.0804. The Morgan fingerprint density at radius 1 is 1.41 bits per heavy atom. The summed E-state index contributed by atoms with van der Waals surface area (Å²) in [5, 5.41) is 11.7. The van der Waals surface area contributed by atoms with Crippen LogP contribution < -0.4 is 5.32 Å². The van der Waals surface area contributed by atoms with Crippen LogP contribution >= 0.6 is 0 Å². The van der Waals surface area contributed by atoms with Crippen molar-refractivity contribution in [3.8, 4) is 0 Å². The number of fused-ring (bicyclic) bond motifs is 1. The highest BCUT2D eigenvalue weighted by Crippen LogP contribution is 2.09. The molecule has 2 rings (SSSR count). The number of carboxylic acids is 1. The lowest BCUT2D eigenvalue weighted by atomic mass is 10.1. The first-order valence-electron chi connectivity index (χ1n) is 7.47. The number of nitrogens with zero attached hydrogens (tertiary/aromatic N) is 2. The second-order valence-electron chi connectivity index (χ2n) is 5.40. The Balaban J connectivity index is 2.03. The van der Waals surface area contributed by atoms with Gasteiger partial charge in [0, 0.05) is 11.9 Å². The van der Waals surface area contributed by atoms with Gasteiger partial charge in [-0.2, -0.15) is 0 Å². The molecule has 0 fully saturated rings. The third-order valence-electron chi connectivity index (χ3n) is 3.57. The number of aromatic nitrogens is 2. The molecule has 0 aliphatic rings. The fraction of sp³-hybridized carbons (Fsp3) is 0.438. The number of imidazole rings is 1. The van der Waals surface area contributed by atoms with E-state index in [-0.39, 0.29) is 12.3 Å². The van der Waals surface area contributed by atoms with Crippen LogP contribution in [0.4, 0.5) is 0 Å². The van der Waals surface area contributed by atoms with Crippen LogP contribution in [0.3, 0.4) is 0 Å². The van der Waals surface area contributed by atoms with Crippen molar-refractivity contribution in [2.75, 3.05) is 0 Å². The summed E-state index contributed by atoms with van der Waals surface area (Å²) < 4.78 is 1.91. The van der Waals surface area contributed by atoms with E-state index in [1.54, 1.807) is 0 Å². The predicted octanol–water partition coefficient (Wildman–Crippen LogP) is 1.94. The van der Waals surface area contributed by atoms with Crippen molar-refractivity contribution in [1.29, 1.82) is 0 Å². The Labute approximate surface area is 129 Å². The molecule has 2 heterocycles. The summed E-state index contributed by atoms with van der Waals surface area (Å²) >= 11 is 0. The Bertz CT molecular complexity index is 678. The van der Waals surface area contributed by atoms with Crippen LogP contribution in [0.15, 0.2) is 24.4 Å². The zero-order valence-electron chi connectivity index (χ0n) is 12.9. The molecule has 6 heteroatoms. The summed E-state index contributed by atoms with van der Waals surface area (Å²) in [6, 6.07) is 4.91. The van der Waals surface area contributed by atoms with Gasteiger partial charge in [0.05, 0.1) is 12.1 Å². The first kappa shape index (κ1) is 16.0. The molecule has 6 nitrogen and oxygen atoms in total. The lowest BCUT2D eigenvalue weighted by molar-refractivity contribution is -0.142. The molecular formula is C16H21N3O3. The molecule has 0 aromatic carbocycles. The van der Waals surface area contributed by atoms with Gasteiger partial charge in [0.15, 0.2) is 0 Å². The Kier molecular flexibility index (Phi) is 5.14. The Morgan fingerprint density at radius 3 is 2.82 bits per heavy atom. The van der Waals surface area contributed by atoms with Gasteiger partial charge in [-0.05, 0) is 25.5 Å². The number of hydrogen-bond donors (Lipinski definition) is 2. The minimum atomic E-state index is -0.993. The minimum Gasteiger partial charge on any atom is -0.480 e. The van der Waals surface area contributed by atoms with Gasteiger partial charge < -0.3 is 14.8 Å². The normalized spacial score (nSPS) is 12.3.